The fourth-order valence-electron chi connectivity index (χ4n) is 3.75. The second-order valence-corrected chi connectivity index (χ2v) is 8.05. The summed E-state index contributed by atoms with van der Waals surface area (Å²) in [6.45, 7) is 8.53. The molecule has 2 heterocycles. The summed E-state index contributed by atoms with van der Waals surface area (Å²) in [4.78, 5) is 16.7. The van der Waals surface area contributed by atoms with E-state index in [4.69, 9.17) is 16.3 Å². The topological polar surface area (TPSA) is 72.3 Å². The van der Waals surface area contributed by atoms with Crippen molar-refractivity contribution in [3.05, 3.63) is 16.5 Å². The highest BCUT2D eigenvalue weighted by Gasteiger charge is 2.33. The Bertz CT molecular complexity index is 752. The lowest BCUT2D eigenvalue weighted by Gasteiger charge is -2.36. The minimum atomic E-state index is -0.162. The Morgan fingerprint density at radius 2 is 2.20 bits per heavy atom. The Hall–Kier alpha value is -1.56. The molecular weight excluding hydrogens is 340 g/mol. The van der Waals surface area contributed by atoms with Gasteiger partial charge in [-0.3, -0.25) is 9.89 Å². The molecule has 2 aromatic rings. The minimum Gasteiger partial charge on any atom is -0.462 e. The molecule has 2 aromatic heterocycles. The number of carbonyl (C=O) groups is 1. The van der Waals surface area contributed by atoms with Crippen LogP contribution in [-0.2, 0) is 16.0 Å². The van der Waals surface area contributed by atoms with Crippen LogP contribution in [0.15, 0.2) is 0 Å². The fourth-order valence-corrected chi connectivity index (χ4v) is 3.91. The SMILES string of the molecule is Cc1[nH]n2nc(CCC(=O)OC3CC(C)CCC3C(C)C)nc2c1Cl. The second kappa shape index (κ2) is 7.36. The molecule has 1 aliphatic rings. The van der Waals surface area contributed by atoms with Crippen LogP contribution in [0.4, 0.5) is 0 Å². The fraction of sp³-hybridized carbons (Fsp3) is 0.722. The molecule has 0 radical (unpaired) electrons. The minimum absolute atomic E-state index is 0.0397. The number of carbonyl (C=O) groups excluding carboxylic acids is 1. The molecule has 1 saturated carbocycles. The summed E-state index contributed by atoms with van der Waals surface area (Å²) >= 11 is 6.16. The molecule has 7 heteroatoms. The summed E-state index contributed by atoms with van der Waals surface area (Å²) in [5, 5.41) is 7.91. The molecule has 3 unspecified atom stereocenters. The predicted molar refractivity (Wildman–Crippen MR) is 96.6 cm³/mol. The van der Waals surface area contributed by atoms with Gasteiger partial charge in [-0.2, -0.15) is 4.63 Å². The molecule has 3 atom stereocenters. The highest BCUT2D eigenvalue weighted by atomic mass is 35.5. The van der Waals surface area contributed by atoms with Gasteiger partial charge in [-0.15, -0.1) is 5.10 Å². The zero-order chi connectivity index (χ0) is 18.1. The maximum atomic E-state index is 12.3. The number of hydrogen-bond acceptors (Lipinski definition) is 4. The maximum Gasteiger partial charge on any atom is 0.306 e. The summed E-state index contributed by atoms with van der Waals surface area (Å²) in [7, 11) is 0. The highest BCUT2D eigenvalue weighted by Crippen LogP contribution is 2.35. The number of aromatic amines is 1. The molecule has 1 fully saturated rings. The third kappa shape index (κ3) is 4.00. The van der Waals surface area contributed by atoms with Crippen molar-refractivity contribution in [2.45, 2.75) is 65.9 Å². The predicted octanol–water partition coefficient (Wildman–Crippen LogP) is 3.96. The molecule has 1 N–H and O–H groups in total. The van der Waals surface area contributed by atoms with Gasteiger partial charge in [0, 0.05) is 6.42 Å². The van der Waals surface area contributed by atoms with E-state index in [0.717, 1.165) is 18.5 Å². The number of aryl methyl sites for hydroxylation is 2. The van der Waals surface area contributed by atoms with Crippen LogP contribution in [0.3, 0.4) is 0 Å². The van der Waals surface area contributed by atoms with Crippen LogP contribution in [0.2, 0.25) is 5.02 Å². The van der Waals surface area contributed by atoms with Crippen LogP contribution in [0, 0.1) is 24.7 Å². The van der Waals surface area contributed by atoms with E-state index in [1.54, 1.807) is 4.63 Å². The lowest BCUT2D eigenvalue weighted by molar-refractivity contribution is -0.155. The van der Waals surface area contributed by atoms with Crippen molar-refractivity contribution in [2.24, 2.45) is 17.8 Å². The van der Waals surface area contributed by atoms with E-state index in [0.29, 0.717) is 47.1 Å². The molecular formula is C18H27ClN4O2. The third-order valence-electron chi connectivity index (χ3n) is 5.25. The van der Waals surface area contributed by atoms with Gasteiger partial charge in [-0.1, -0.05) is 38.8 Å². The summed E-state index contributed by atoms with van der Waals surface area (Å²) < 4.78 is 7.37. The summed E-state index contributed by atoms with van der Waals surface area (Å²) in [5.74, 6) is 2.05. The first kappa shape index (κ1) is 18.2. The standard InChI is InChI=1S/C18H27ClN4O2/c1-10(2)13-6-5-11(3)9-14(13)25-16(24)8-7-15-20-18-17(19)12(4)21-23(18)22-15/h10-11,13-14,21H,5-9H2,1-4H3. The summed E-state index contributed by atoms with van der Waals surface area (Å²) in [5.41, 5.74) is 1.43. The molecule has 0 bridgehead atoms. The maximum absolute atomic E-state index is 12.3. The van der Waals surface area contributed by atoms with E-state index in [1.807, 2.05) is 6.92 Å². The van der Waals surface area contributed by atoms with Gasteiger partial charge >= 0.3 is 5.97 Å². The largest absolute Gasteiger partial charge is 0.462 e. The Kier molecular flexibility index (Phi) is 5.37. The monoisotopic (exact) mass is 366 g/mol. The molecule has 0 saturated heterocycles. The number of H-pyrrole nitrogens is 1. The van der Waals surface area contributed by atoms with Gasteiger partial charge in [0.05, 0.1) is 12.1 Å². The van der Waals surface area contributed by atoms with E-state index < -0.39 is 0 Å². The zero-order valence-corrected chi connectivity index (χ0v) is 16.1. The van der Waals surface area contributed by atoms with E-state index in [1.165, 1.54) is 6.42 Å². The van der Waals surface area contributed by atoms with Gasteiger partial charge in [-0.25, -0.2) is 4.98 Å². The van der Waals surface area contributed by atoms with Crippen molar-refractivity contribution >= 4 is 23.2 Å². The molecule has 6 nitrogen and oxygen atoms in total. The zero-order valence-electron chi connectivity index (χ0n) is 15.4. The first-order valence-electron chi connectivity index (χ1n) is 9.14. The number of aromatic nitrogens is 4. The van der Waals surface area contributed by atoms with Crippen LogP contribution in [0.1, 0.15) is 58.0 Å². The molecule has 25 heavy (non-hydrogen) atoms. The number of halogens is 1. The number of nitrogens with zero attached hydrogens (tertiary/aromatic N) is 3. The first-order valence-corrected chi connectivity index (χ1v) is 9.52. The van der Waals surface area contributed by atoms with Gasteiger partial charge in [0.1, 0.15) is 11.1 Å². The van der Waals surface area contributed by atoms with Gasteiger partial charge in [-0.05, 0) is 37.5 Å². The Balaban J connectivity index is 1.57. The average Bonchev–Trinajstić information content (AvgIpc) is 3.05. The molecule has 1 aliphatic carbocycles. The van der Waals surface area contributed by atoms with Crippen molar-refractivity contribution in [3.8, 4) is 0 Å². The van der Waals surface area contributed by atoms with Gasteiger partial charge in [0.2, 0.25) is 0 Å². The Morgan fingerprint density at radius 3 is 2.88 bits per heavy atom. The average molecular weight is 367 g/mol. The van der Waals surface area contributed by atoms with Crippen molar-refractivity contribution in [1.82, 2.24) is 19.8 Å². The van der Waals surface area contributed by atoms with E-state index in [-0.39, 0.29) is 12.1 Å². The van der Waals surface area contributed by atoms with Gasteiger partial charge < -0.3 is 4.74 Å². The first-order chi connectivity index (χ1) is 11.8. The number of nitrogens with one attached hydrogen (secondary N) is 1. The van der Waals surface area contributed by atoms with E-state index in [2.05, 4.69) is 36.0 Å². The molecule has 0 spiro atoms. The Morgan fingerprint density at radius 1 is 1.44 bits per heavy atom. The van der Waals surface area contributed by atoms with Crippen molar-refractivity contribution in [2.75, 3.05) is 0 Å². The molecule has 138 valence electrons. The summed E-state index contributed by atoms with van der Waals surface area (Å²) in [6.07, 6.45) is 4.12. The lowest BCUT2D eigenvalue weighted by Crippen LogP contribution is -2.35. The number of esters is 1. The number of rotatable bonds is 5. The van der Waals surface area contributed by atoms with Gasteiger partial charge in [0.25, 0.3) is 0 Å². The summed E-state index contributed by atoms with van der Waals surface area (Å²) in [6, 6.07) is 0. The van der Waals surface area contributed by atoms with Gasteiger partial charge in [0.15, 0.2) is 11.5 Å². The number of fused-ring (bicyclic) bond motifs is 1. The van der Waals surface area contributed by atoms with Crippen LogP contribution >= 0.6 is 11.6 Å². The van der Waals surface area contributed by atoms with Crippen LogP contribution in [-0.4, -0.2) is 31.9 Å². The van der Waals surface area contributed by atoms with E-state index >= 15 is 0 Å². The highest BCUT2D eigenvalue weighted by molar-refractivity contribution is 6.34. The van der Waals surface area contributed by atoms with Crippen molar-refractivity contribution < 1.29 is 9.53 Å². The number of hydrogen-bond donors (Lipinski definition) is 1. The third-order valence-corrected chi connectivity index (χ3v) is 5.70. The molecule has 0 amide bonds. The molecule has 0 aromatic carbocycles. The Labute approximate surface area is 153 Å². The normalized spacial score (nSPS) is 24.2. The van der Waals surface area contributed by atoms with Crippen LogP contribution < -0.4 is 0 Å². The smallest absolute Gasteiger partial charge is 0.306 e. The van der Waals surface area contributed by atoms with E-state index in [9.17, 15) is 4.79 Å². The quantitative estimate of drug-likeness (QED) is 0.813. The number of ether oxygens (including phenoxy) is 1. The van der Waals surface area contributed by atoms with Crippen molar-refractivity contribution in [1.29, 1.82) is 0 Å². The lowest BCUT2D eigenvalue weighted by atomic mass is 9.75. The molecule has 3 rings (SSSR count). The van der Waals surface area contributed by atoms with Crippen LogP contribution in [0.5, 0.6) is 0 Å². The van der Waals surface area contributed by atoms with Crippen LogP contribution in [0.25, 0.3) is 5.65 Å². The molecule has 0 aliphatic heterocycles. The second-order valence-electron chi connectivity index (χ2n) is 7.67. The van der Waals surface area contributed by atoms with Crippen molar-refractivity contribution in [3.63, 3.8) is 0 Å².